The predicted molar refractivity (Wildman–Crippen MR) is 108 cm³/mol. The minimum atomic E-state index is -0.0880. The Kier molecular flexibility index (Phi) is 5.20. The van der Waals surface area contributed by atoms with Gasteiger partial charge < -0.3 is 5.32 Å². The van der Waals surface area contributed by atoms with E-state index in [4.69, 9.17) is 0 Å². The lowest BCUT2D eigenvalue weighted by molar-refractivity contribution is -0.115. The number of hydrogen-bond acceptors (Lipinski definition) is 6. The molecule has 1 amide bonds. The molecule has 0 saturated heterocycles. The van der Waals surface area contributed by atoms with Gasteiger partial charge in [-0.05, 0) is 24.3 Å². The van der Waals surface area contributed by atoms with Crippen molar-refractivity contribution < 1.29 is 4.79 Å². The van der Waals surface area contributed by atoms with Crippen LogP contribution in [0.25, 0.3) is 11.4 Å². The Labute approximate surface area is 166 Å². The van der Waals surface area contributed by atoms with E-state index in [-0.39, 0.29) is 12.3 Å². The number of aryl methyl sites for hydroxylation is 1. The van der Waals surface area contributed by atoms with Gasteiger partial charge in [-0.3, -0.25) is 4.79 Å². The Hall–Kier alpha value is -3.39. The fourth-order valence-corrected chi connectivity index (χ4v) is 3.42. The van der Waals surface area contributed by atoms with Crippen molar-refractivity contribution in [1.29, 1.82) is 0 Å². The highest BCUT2D eigenvalue weighted by molar-refractivity contribution is 7.09. The summed E-state index contributed by atoms with van der Waals surface area (Å²) < 4.78 is 0. The quantitative estimate of drug-likeness (QED) is 0.546. The van der Waals surface area contributed by atoms with Crippen molar-refractivity contribution in [2.75, 3.05) is 5.32 Å². The lowest BCUT2D eigenvalue weighted by atomic mass is 10.2. The number of carbonyl (C=O) groups is 1. The Morgan fingerprint density at radius 1 is 1.11 bits per heavy atom. The molecule has 4 rings (SSSR count). The van der Waals surface area contributed by atoms with Gasteiger partial charge in [-0.2, -0.15) is 4.80 Å². The molecule has 2 aromatic carbocycles. The number of benzene rings is 2. The lowest BCUT2D eigenvalue weighted by Crippen LogP contribution is -2.14. The van der Waals surface area contributed by atoms with E-state index in [0.717, 1.165) is 27.5 Å². The van der Waals surface area contributed by atoms with E-state index >= 15 is 0 Å². The predicted octanol–water partition coefficient (Wildman–Crippen LogP) is 3.33. The number of thiazole rings is 1. The molecule has 0 saturated carbocycles. The summed E-state index contributed by atoms with van der Waals surface area (Å²) in [7, 11) is 0. The van der Waals surface area contributed by atoms with Crippen molar-refractivity contribution in [2.24, 2.45) is 0 Å². The molecule has 140 valence electrons. The normalized spacial score (nSPS) is 10.8. The van der Waals surface area contributed by atoms with E-state index < -0.39 is 0 Å². The van der Waals surface area contributed by atoms with E-state index in [1.165, 1.54) is 16.1 Å². The summed E-state index contributed by atoms with van der Waals surface area (Å²) in [5.74, 6) is 0.489. The summed E-state index contributed by atoms with van der Waals surface area (Å²) in [6, 6.07) is 17.4. The third-order valence-corrected chi connectivity index (χ3v) is 4.93. The number of anilines is 1. The molecule has 0 aliphatic carbocycles. The van der Waals surface area contributed by atoms with Crippen molar-refractivity contribution in [3.63, 3.8) is 0 Å². The minimum absolute atomic E-state index is 0.0880. The molecular formula is C20H18N6OS. The van der Waals surface area contributed by atoms with Crippen LogP contribution in [-0.2, 0) is 17.8 Å². The molecule has 4 aromatic rings. The zero-order chi connectivity index (χ0) is 19.3. The maximum absolute atomic E-state index is 12.2. The molecule has 8 heteroatoms. The summed E-state index contributed by atoms with van der Waals surface area (Å²) >= 11 is 1.45. The van der Waals surface area contributed by atoms with Gasteiger partial charge in [0.2, 0.25) is 11.7 Å². The zero-order valence-electron chi connectivity index (χ0n) is 15.2. The first-order valence-corrected chi connectivity index (χ1v) is 9.67. The Bertz CT molecular complexity index is 1070. The van der Waals surface area contributed by atoms with Crippen LogP contribution in [0.5, 0.6) is 0 Å². The fraction of sp³-hybridized carbons (Fsp3) is 0.150. The molecule has 1 N–H and O–H groups in total. The van der Waals surface area contributed by atoms with Gasteiger partial charge >= 0.3 is 0 Å². The molecule has 0 unspecified atom stereocenters. The van der Waals surface area contributed by atoms with Crippen molar-refractivity contribution in [1.82, 2.24) is 25.2 Å². The lowest BCUT2D eigenvalue weighted by Gasteiger charge is -2.04. The van der Waals surface area contributed by atoms with Crippen LogP contribution in [0.2, 0.25) is 0 Å². The molecule has 0 fully saturated rings. The molecule has 0 spiro atoms. The van der Waals surface area contributed by atoms with Crippen LogP contribution in [0.3, 0.4) is 0 Å². The smallest absolute Gasteiger partial charge is 0.231 e. The van der Waals surface area contributed by atoms with E-state index in [9.17, 15) is 4.79 Å². The van der Waals surface area contributed by atoms with E-state index in [2.05, 4.69) is 25.7 Å². The van der Waals surface area contributed by atoms with E-state index in [0.29, 0.717) is 12.4 Å². The summed E-state index contributed by atoms with van der Waals surface area (Å²) in [6.45, 7) is 2.42. The topological polar surface area (TPSA) is 85.6 Å². The highest BCUT2D eigenvalue weighted by atomic mass is 32.1. The largest absolute Gasteiger partial charge is 0.326 e. The van der Waals surface area contributed by atoms with Crippen LogP contribution in [0.1, 0.15) is 16.3 Å². The minimum Gasteiger partial charge on any atom is -0.326 e. The van der Waals surface area contributed by atoms with Gasteiger partial charge in [-0.15, -0.1) is 21.5 Å². The molecule has 0 aliphatic heterocycles. The number of aromatic nitrogens is 5. The molecular weight excluding hydrogens is 372 g/mol. The summed E-state index contributed by atoms with van der Waals surface area (Å²) in [5.41, 5.74) is 3.66. The number of tetrazole rings is 1. The molecule has 7 nitrogen and oxygen atoms in total. The van der Waals surface area contributed by atoms with E-state index in [1.807, 2.05) is 66.9 Å². The molecule has 0 bridgehead atoms. The third kappa shape index (κ3) is 4.47. The Morgan fingerprint density at radius 3 is 2.68 bits per heavy atom. The molecule has 0 aliphatic rings. The maximum Gasteiger partial charge on any atom is 0.231 e. The van der Waals surface area contributed by atoms with Crippen LogP contribution in [-0.4, -0.2) is 31.1 Å². The van der Waals surface area contributed by atoms with Gasteiger partial charge in [0.25, 0.3) is 0 Å². The van der Waals surface area contributed by atoms with Gasteiger partial charge in [-0.1, -0.05) is 48.0 Å². The summed E-state index contributed by atoms with van der Waals surface area (Å²) in [4.78, 5) is 18.2. The second kappa shape index (κ2) is 8.10. The van der Waals surface area contributed by atoms with Crippen LogP contribution in [0.15, 0.2) is 60.0 Å². The summed E-state index contributed by atoms with van der Waals surface area (Å²) in [6.07, 6.45) is 0.235. The average Bonchev–Trinajstić information content (AvgIpc) is 3.34. The van der Waals surface area contributed by atoms with Crippen LogP contribution < -0.4 is 5.32 Å². The first kappa shape index (κ1) is 18.0. The maximum atomic E-state index is 12.2. The molecule has 28 heavy (non-hydrogen) atoms. The number of rotatable bonds is 6. The van der Waals surface area contributed by atoms with Crippen molar-refractivity contribution in [3.05, 3.63) is 76.2 Å². The summed E-state index contributed by atoms with van der Waals surface area (Å²) in [5, 5.41) is 18.1. The SMILES string of the molecule is Cc1ccc(NC(=O)Cc2nc(Cn3nnc(-c4ccccc4)n3)cs2)cc1. The molecule has 2 heterocycles. The van der Waals surface area contributed by atoms with Gasteiger partial charge in [0.1, 0.15) is 11.6 Å². The Morgan fingerprint density at radius 2 is 1.89 bits per heavy atom. The number of hydrogen-bond donors (Lipinski definition) is 1. The highest BCUT2D eigenvalue weighted by Crippen LogP contribution is 2.15. The van der Waals surface area contributed by atoms with Gasteiger partial charge in [0.05, 0.1) is 12.1 Å². The van der Waals surface area contributed by atoms with Crippen LogP contribution >= 0.6 is 11.3 Å². The first-order valence-electron chi connectivity index (χ1n) is 8.79. The zero-order valence-corrected chi connectivity index (χ0v) is 16.1. The van der Waals surface area contributed by atoms with Crippen molar-refractivity contribution in [3.8, 4) is 11.4 Å². The molecule has 0 radical (unpaired) electrons. The van der Waals surface area contributed by atoms with Gasteiger partial charge in [-0.25, -0.2) is 4.98 Å². The molecule has 0 atom stereocenters. The van der Waals surface area contributed by atoms with Crippen LogP contribution in [0.4, 0.5) is 5.69 Å². The van der Waals surface area contributed by atoms with Crippen molar-refractivity contribution in [2.45, 2.75) is 19.9 Å². The average molecular weight is 390 g/mol. The standard InChI is InChI=1S/C20H18N6OS/c1-14-7-9-16(10-8-14)21-18(27)11-19-22-17(13-28-19)12-26-24-20(23-25-26)15-5-3-2-4-6-15/h2-10,13H,11-12H2,1H3,(H,21,27). The van der Waals surface area contributed by atoms with Crippen LogP contribution in [0, 0.1) is 6.92 Å². The fourth-order valence-electron chi connectivity index (χ4n) is 2.64. The van der Waals surface area contributed by atoms with Crippen molar-refractivity contribution >= 4 is 22.9 Å². The van der Waals surface area contributed by atoms with Gasteiger partial charge in [0.15, 0.2) is 0 Å². The third-order valence-electron chi connectivity index (χ3n) is 4.03. The monoisotopic (exact) mass is 390 g/mol. The number of nitrogens with zero attached hydrogens (tertiary/aromatic N) is 5. The second-order valence-corrected chi connectivity index (χ2v) is 7.28. The van der Waals surface area contributed by atoms with Gasteiger partial charge in [0, 0.05) is 16.6 Å². The Balaban J connectivity index is 1.36. The second-order valence-electron chi connectivity index (χ2n) is 6.33. The number of carbonyl (C=O) groups excluding carboxylic acids is 1. The number of nitrogens with one attached hydrogen (secondary N) is 1. The van der Waals surface area contributed by atoms with E-state index in [1.54, 1.807) is 0 Å². The number of amides is 1. The first-order chi connectivity index (χ1) is 13.7. The molecule has 2 aromatic heterocycles. The highest BCUT2D eigenvalue weighted by Gasteiger charge is 2.11.